The second-order valence-electron chi connectivity index (χ2n) is 6.20. The molecule has 0 bridgehead atoms. The molecule has 1 N–H and O–H groups in total. The van der Waals surface area contributed by atoms with Crippen molar-refractivity contribution in [3.8, 4) is 0 Å². The monoisotopic (exact) mass is 341 g/mol. The van der Waals surface area contributed by atoms with Gasteiger partial charge in [0.05, 0.1) is 12.2 Å². The molecule has 5 nitrogen and oxygen atoms in total. The summed E-state index contributed by atoms with van der Waals surface area (Å²) < 4.78 is 2.05. The van der Waals surface area contributed by atoms with Gasteiger partial charge in [-0.25, -0.2) is 0 Å². The van der Waals surface area contributed by atoms with E-state index in [0.717, 1.165) is 36.3 Å². The van der Waals surface area contributed by atoms with E-state index in [0.29, 0.717) is 13.0 Å². The molecular weight excluding hydrogens is 314 g/mol. The van der Waals surface area contributed by atoms with Crippen molar-refractivity contribution in [3.05, 3.63) is 52.8 Å². The van der Waals surface area contributed by atoms with Gasteiger partial charge in [0.25, 0.3) is 0 Å². The summed E-state index contributed by atoms with van der Waals surface area (Å²) in [6.45, 7) is 6.90. The second kappa shape index (κ2) is 9.16. The van der Waals surface area contributed by atoms with E-state index in [1.54, 1.807) is 0 Å². The van der Waals surface area contributed by atoms with E-state index >= 15 is 0 Å². The van der Waals surface area contributed by atoms with Gasteiger partial charge in [0.1, 0.15) is 5.78 Å². The van der Waals surface area contributed by atoms with Gasteiger partial charge >= 0.3 is 0 Å². The van der Waals surface area contributed by atoms with Gasteiger partial charge in [-0.2, -0.15) is 5.10 Å². The van der Waals surface area contributed by atoms with Crippen molar-refractivity contribution in [3.63, 3.8) is 0 Å². The molecule has 0 atom stereocenters. The Morgan fingerprint density at radius 3 is 2.40 bits per heavy atom. The van der Waals surface area contributed by atoms with Crippen LogP contribution in [0.5, 0.6) is 0 Å². The van der Waals surface area contributed by atoms with E-state index in [2.05, 4.69) is 31.3 Å². The third kappa shape index (κ3) is 5.28. The molecule has 2 aromatic rings. The zero-order valence-electron chi connectivity index (χ0n) is 15.3. The Labute approximate surface area is 149 Å². The molecule has 0 aliphatic heterocycles. The van der Waals surface area contributed by atoms with Crippen LogP contribution in [0.1, 0.15) is 56.1 Å². The first kappa shape index (κ1) is 18.9. The number of Topliss-reactive ketones (excluding diaryl/α,β-unsaturated/α-hetero) is 1. The lowest BCUT2D eigenvalue weighted by Gasteiger charge is -2.09. The molecule has 0 aliphatic carbocycles. The highest BCUT2D eigenvalue weighted by Crippen LogP contribution is 2.18. The minimum Gasteiger partial charge on any atom is -0.352 e. The molecule has 2 rings (SSSR count). The summed E-state index contributed by atoms with van der Waals surface area (Å²) in [5.74, 6) is -0.0514. The Morgan fingerprint density at radius 2 is 1.80 bits per heavy atom. The zero-order valence-corrected chi connectivity index (χ0v) is 15.3. The van der Waals surface area contributed by atoms with Crippen LogP contribution in [0.2, 0.25) is 0 Å². The number of nitrogens with zero attached hydrogens (tertiary/aromatic N) is 2. The average Bonchev–Trinajstić information content (AvgIpc) is 2.95. The van der Waals surface area contributed by atoms with Gasteiger partial charge in [-0.1, -0.05) is 44.2 Å². The largest absolute Gasteiger partial charge is 0.352 e. The average molecular weight is 341 g/mol. The fourth-order valence-corrected chi connectivity index (χ4v) is 2.92. The quantitative estimate of drug-likeness (QED) is 0.762. The van der Waals surface area contributed by atoms with Crippen molar-refractivity contribution in [2.45, 2.75) is 59.5 Å². The SMILES string of the molecule is CCc1nn(Cc2ccccc2)c(CC)c1CNC(=O)CCC(C)=O. The Morgan fingerprint density at radius 1 is 1.08 bits per heavy atom. The Hall–Kier alpha value is -2.43. The van der Waals surface area contributed by atoms with Crippen molar-refractivity contribution in [1.29, 1.82) is 0 Å². The summed E-state index contributed by atoms with van der Waals surface area (Å²) >= 11 is 0. The van der Waals surface area contributed by atoms with Crippen molar-refractivity contribution in [1.82, 2.24) is 15.1 Å². The number of nitrogens with one attached hydrogen (secondary N) is 1. The van der Waals surface area contributed by atoms with Gasteiger partial charge in [0.15, 0.2) is 0 Å². The highest BCUT2D eigenvalue weighted by Gasteiger charge is 2.16. The van der Waals surface area contributed by atoms with Crippen molar-refractivity contribution < 1.29 is 9.59 Å². The molecule has 1 aromatic heterocycles. The van der Waals surface area contributed by atoms with Gasteiger partial charge < -0.3 is 10.1 Å². The van der Waals surface area contributed by atoms with Crippen molar-refractivity contribution >= 4 is 11.7 Å². The molecule has 0 fully saturated rings. The Bertz CT molecular complexity index is 720. The van der Waals surface area contributed by atoms with Gasteiger partial charge in [0, 0.05) is 30.6 Å². The number of ketones is 1. The minimum atomic E-state index is -0.0879. The number of carbonyl (C=O) groups is 2. The van der Waals surface area contributed by atoms with E-state index < -0.39 is 0 Å². The lowest BCUT2D eigenvalue weighted by molar-refractivity contribution is -0.124. The Balaban J connectivity index is 2.13. The van der Waals surface area contributed by atoms with Crippen LogP contribution in [0.4, 0.5) is 0 Å². The van der Waals surface area contributed by atoms with E-state index in [1.165, 1.54) is 12.5 Å². The maximum absolute atomic E-state index is 11.9. The first-order valence-corrected chi connectivity index (χ1v) is 8.92. The van der Waals surface area contributed by atoms with Gasteiger partial charge in [0.2, 0.25) is 5.91 Å². The molecule has 0 spiro atoms. The van der Waals surface area contributed by atoms with Gasteiger partial charge in [-0.15, -0.1) is 0 Å². The van der Waals surface area contributed by atoms with Crippen LogP contribution < -0.4 is 5.32 Å². The molecule has 0 saturated heterocycles. The van der Waals surface area contributed by atoms with Crippen LogP contribution in [0.3, 0.4) is 0 Å². The molecular formula is C20H27N3O2. The summed E-state index contributed by atoms with van der Waals surface area (Å²) in [4.78, 5) is 22.9. The fourth-order valence-electron chi connectivity index (χ4n) is 2.92. The van der Waals surface area contributed by atoms with Crippen LogP contribution >= 0.6 is 0 Å². The third-order valence-corrected chi connectivity index (χ3v) is 4.26. The molecule has 5 heteroatoms. The fraction of sp³-hybridized carbons (Fsp3) is 0.450. The molecule has 0 aliphatic rings. The van der Waals surface area contributed by atoms with Gasteiger partial charge in [-0.05, 0) is 25.3 Å². The maximum atomic E-state index is 11.9. The number of aromatic nitrogens is 2. The number of amides is 1. The maximum Gasteiger partial charge on any atom is 0.220 e. The van der Waals surface area contributed by atoms with Crippen LogP contribution in [-0.2, 0) is 35.5 Å². The summed E-state index contributed by atoms with van der Waals surface area (Å²) in [7, 11) is 0. The first-order valence-electron chi connectivity index (χ1n) is 8.92. The van der Waals surface area contributed by atoms with Crippen LogP contribution in [0.15, 0.2) is 30.3 Å². The first-order chi connectivity index (χ1) is 12.0. The number of carbonyl (C=O) groups excluding carboxylic acids is 2. The summed E-state index contributed by atoms with van der Waals surface area (Å²) in [5.41, 5.74) is 4.50. The molecule has 1 aromatic carbocycles. The van der Waals surface area contributed by atoms with Crippen molar-refractivity contribution in [2.75, 3.05) is 0 Å². The lowest BCUT2D eigenvalue weighted by atomic mass is 10.1. The summed E-state index contributed by atoms with van der Waals surface area (Å²) in [5, 5.41) is 7.69. The zero-order chi connectivity index (χ0) is 18.2. The molecule has 1 heterocycles. The molecule has 0 saturated carbocycles. The molecule has 0 unspecified atom stereocenters. The summed E-state index contributed by atoms with van der Waals surface area (Å²) in [6, 6.07) is 10.3. The third-order valence-electron chi connectivity index (χ3n) is 4.26. The van der Waals surface area contributed by atoms with E-state index in [4.69, 9.17) is 5.10 Å². The van der Waals surface area contributed by atoms with Gasteiger partial charge in [-0.3, -0.25) is 9.48 Å². The predicted octanol–water partition coefficient (Wildman–Crippen LogP) is 3.04. The predicted molar refractivity (Wildman–Crippen MR) is 98.3 cm³/mol. The number of benzene rings is 1. The van der Waals surface area contributed by atoms with Crippen molar-refractivity contribution in [2.24, 2.45) is 0 Å². The number of hydrogen-bond acceptors (Lipinski definition) is 3. The summed E-state index contributed by atoms with van der Waals surface area (Å²) in [6.07, 6.45) is 2.22. The molecule has 1 amide bonds. The topological polar surface area (TPSA) is 64.0 Å². The van der Waals surface area contributed by atoms with E-state index in [1.807, 2.05) is 22.9 Å². The number of hydrogen-bond donors (Lipinski definition) is 1. The second-order valence-corrected chi connectivity index (χ2v) is 6.20. The van der Waals surface area contributed by atoms with Crippen LogP contribution in [-0.4, -0.2) is 21.5 Å². The normalized spacial score (nSPS) is 10.7. The standard InChI is InChI=1S/C20H27N3O2/c1-4-18-17(13-21-20(25)12-11-15(3)24)19(5-2)23(22-18)14-16-9-7-6-8-10-16/h6-10H,4-5,11-14H2,1-3H3,(H,21,25). The van der Waals surface area contributed by atoms with E-state index in [9.17, 15) is 9.59 Å². The minimum absolute atomic E-state index is 0.0364. The molecule has 0 radical (unpaired) electrons. The lowest BCUT2D eigenvalue weighted by Crippen LogP contribution is -2.24. The van der Waals surface area contributed by atoms with Crippen LogP contribution in [0, 0.1) is 0 Å². The highest BCUT2D eigenvalue weighted by molar-refractivity contribution is 5.83. The molecule has 134 valence electrons. The highest BCUT2D eigenvalue weighted by atomic mass is 16.2. The number of aryl methyl sites for hydroxylation is 1. The number of rotatable bonds is 9. The Kier molecular flexibility index (Phi) is 6.92. The van der Waals surface area contributed by atoms with E-state index in [-0.39, 0.29) is 18.1 Å². The molecule has 25 heavy (non-hydrogen) atoms. The van der Waals surface area contributed by atoms with Crippen LogP contribution in [0.25, 0.3) is 0 Å². The smallest absolute Gasteiger partial charge is 0.220 e.